The van der Waals surface area contributed by atoms with Crippen LogP contribution in [-0.2, 0) is 6.54 Å². The maximum atomic E-state index is 4.20. The number of fused-ring (bicyclic) bond motifs is 1. The van der Waals surface area contributed by atoms with Crippen LogP contribution in [0.15, 0.2) is 30.9 Å². The third-order valence-electron chi connectivity index (χ3n) is 2.30. The van der Waals surface area contributed by atoms with Crippen LogP contribution in [0.2, 0.25) is 0 Å². The summed E-state index contributed by atoms with van der Waals surface area (Å²) in [5.74, 6) is 0.741. The van der Waals surface area contributed by atoms with Gasteiger partial charge in [-0.3, -0.25) is 0 Å². The van der Waals surface area contributed by atoms with Crippen LogP contribution in [0.3, 0.4) is 0 Å². The summed E-state index contributed by atoms with van der Waals surface area (Å²) in [6.45, 7) is 1.59. The second-order valence-corrected chi connectivity index (χ2v) is 3.47. The molecule has 3 aromatic rings. The lowest BCUT2D eigenvalue weighted by Gasteiger charge is -2.05. The summed E-state index contributed by atoms with van der Waals surface area (Å²) in [7, 11) is 0. The Morgan fingerprint density at radius 2 is 2.29 bits per heavy atom. The van der Waals surface area contributed by atoms with Crippen molar-refractivity contribution < 1.29 is 0 Å². The molecule has 3 aromatic heterocycles. The zero-order valence-corrected chi connectivity index (χ0v) is 8.93. The third kappa shape index (κ3) is 2.05. The van der Waals surface area contributed by atoms with Gasteiger partial charge in [-0.1, -0.05) is 0 Å². The van der Waals surface area contributed by atoms with Crippen molar-refractivity contribution in [3.63, 3.8) is 0 Å². The van der Waals surface area contributed by atoms with Crippen LogP contribution in [0.25, 0.3) is 5.65 Å². The first-order chi connectivity index (χ1) is 8.42. The van der Waals surface area contributed by atoms with Crippen LogP contribution >= 0.6 is 0 Å². The second-order valence-electron chi connectivity index (χ2n) is 3.47. The molecule has 0 aromatic carbocycles. The molecule has 0 aliphatic carbocycles. The Labute approximate surface area is 96.3 Å². The molecule has 0 atom stereocenters. The van der Waals surface area contributed by atoms with E-state index in [0.717, 1.165) is 18.9 Å². The standard InChI is InChI=1S/C9H10N8/c1-2-9-12-14-15-17(9)13-8(1)11-4-6-16-5-3-10-7-16/h1-3,5,7H,4,6H2,(H,11,13). The molecular weight excluding hydrogens is 220 g/mol. The van der Waals surface area contributed by atoms with Gasteiger partial charge < -0.3 is 9.88 Å². The van der Waals surface area contributed by atoms with Crippen LogP contribution in [0, 0.1) is 0 Å². The molecule has 8 nitrogen and oxygen atoms in total. The number of tetrazole rings is 1. The van der Waals surface area contributed by atoms with Gasteiger partial charge in [-0.2, -0.15) is 0 Å². The van der Waals surface area contributed by atoms with E-state index < -0.39 is 0 Å². The topological polar surface area (TPSA) is 85.8 Å². The number of nitrogens with one attached hydrogen (secondary N) is 1. The van der Waals surface area contributed by atoms with E-state index in [4.69, 9.17) is 0 Å². The van der Waals surface area contributed by atoms with Gasteiger partial charge in [-0.15, -0.1) is 14.8 Å². The summed E-state index contributed by atoms with van der Waals surface area (Å²) >= 11 is 0. The normalized spacial score (nSPS) is 10.8. The van der Waals surface area contributed by atoms with Crippen LogP contribution in [0.5, 0.6) is 0 Å². The van der Waals surface area contributed by atoms with E-state index in [9.17, 15) is 0 Å². The average Bonchev–Trinajstić information content (AvgIpc) is 2.98. The molecule has 3 rings (SSSR count). The number of anilines is 1. The summed E-state index contributed by atoms with van der Waals surface area (Å²) in [6.07, 6.45) is 5.45. The SMILES string of the molecule is c1cn(CCNc2ccc3nnnn3n2)cn1. The Balaban J connectivity index is 1.64. The molecule has 0 saturated heterocycles. The Morgan fingerprint density at radius 3 is 3.18 bits per heavy atom. The van der Waals surface area contributed by atoms with E-state index in [-0.39, 0.29) is 0 Å². The van der Waals surface area contributed by atoms with Crippen molar-refractivity contribution in [3.05, 3.63) is 30.9 Å². The van der Waals surface area contributed by atoms with E-state index in [0.29, 0.717) is 5.65 Å². The van der Waals surface area contributed by atoms with Crippen molar-refractivity contribution in [1.82, 2.24) is 34.8 Å². The summed E-state index contributed by atoms with van der Waals surface area (Å²) in [6, 6.07) is 3.66. The highest BCUT2D eigenvalue weighted by Crippen LogP contribution is 2.02. The predicted molar refractivity (Wildman–Crippen MR) is 59.3 cm³/mol. The summed E-state index contributed by atoms with van der Waals surface area (Å²) < 4.78 is 3.38. The van der Waals surface area contributed by atoms with E-state index in [2.05, 4.69) is 30.9 Å². The van der Waals surface area contributed by atoms with Gasteiger partial charge in [-0.25, -0.2) is 4.98 Å². The van der Waals surface area contributed by atoms with Gasteiger partial charge in [0.15, 0.2) is 5.65 Å². The lowest BCUT2D eigenvalue weighted by molar-refractivity contribution is 0.710. The van der Waals surface area contributed by atoms with Gasteiger partial charge in [0.25, 0.3) is 0 Å². The lowest BCUT2D eigenvalue weighted by Crippen LogP contribution is -2.11. The van der Waals surface area contributed by atoms with Gasteiger partial charge in [0.1, 0.15) is 5.82 Å². The molecule has 0 amide bonds. The van der Waals surface area contributed by atoms with Crippen molar-refractivity contribution in [2.45, 2.75) is 6.54 Å². The van der Waals surface area contributed by atoms with Crippen LogP contribution in [0.1, 0.15) is 0 Å². The summed E-state index contributed by atoms with van der Waals surface area (Å²) in [5, 5.41) is 18.4. The fraction of sp³-hybridized carbons (Fsp3) is 0.222. The molecule has 8 heteroatoms. The molecule has 0 radical (unpaired) electrons. The number of hydrogen-bond donors (Lipinski definition) is 1. The zero-order chi connectivity index (χ0) is 11.5. The monoisotopic (exact) mass is 230 g/mol. The highest BCUT2D eigenvalue weighted by atomic mass is 15.6. The fourth-order valence-electron chi connectivity index (χ4n) is 1.48. The minimum Gasteiger partial charge on any atom is -0.367 e. The van der Waals surface area contributed by atoms with E-state index in [1.807, 2.05) is 22.9 Å². The highest BCUT2D eigenvalue weighted by Gasteiger charge is 1.99. The van der Waals surface area contributed by atoms with Crippen LogP contribution in [0.4, 0.5) is 5.82 Å². The van der Waals surface area contributed by atoms with Gasteiger partial charge >= 0.3 is 0 Å². The van der Waals surface area contributed by atoms with Gasteiger partial charge in [0.05, 0.1) is 6.33 Å². The molecule has 1 N–H and O–H groups in total. The Hall–Kier alpha value is -2.51. The molecule has 0 aliphatic rings. The minimum atomic E-state index is 0.630. The maximum absolute atomic E-state index is 4.20. The van der Waals surface area contributed by atoms with Gasteiger partial charge in [0, 0.05) is 25.5 Å². The quantitative estimate of drug-likeness (QED) is 0.669. The molecule has 86 valence electrons. The Bertz CT molecular complexity index is 598. The summed E-state index contributed by atoms with van der Waals surface area (Å²) in [5.41, 5.74) is 0.630. The van der Waals surface area contributed by atoms with E-state index in [1.54, 1.807) is 12.5 Å². The first-order valence-corrected chi connectivity index (χ1v) is 5.17. The number of imidazole rings is 1. The molecule has 0 bridgehead atoms. The van der Waals surface area contributed by atoms with Crippen molar-refractivity contribution in [2.75, 3.05) is 11.9 Å². The molecule has 0 fully saturated rings. The summed E-state index contributed by atoms with van der Waals surface area (Å²) in [4.78, 5) is 3.97. The molecular formula is C9H10N8. The molecule has 17 heavy (non-hydrogen) atoms. The largest absolute Gasteiger partial charge is 0.367 e. The number of nitrogens with zero attached hydrogens (tertiary/aromatic N) is 7. The molecule has 0 unspecified atom stereocenters. The predicted octanol–water partition coefficient (Wildman–Crippen LogP) is -0.172. The average molecular weight is 230 g/mol. The molecule has 0 saturated carbocycles. The van der Waals surface area contributed by atoms with Gasteiger partial charge in [0.2, 0.25) is 0 Å². The smallest absolute Gasteiger partial charge is 0.200 e. The van der Waals surface area contributed by atoms with Crippen LogP contribution in [-0.4, -0.2) is 41.4 Å². The minimum absolute atomic E-state index is 0.630. The van der Waals surface area contributed by atoms with Crippen molar-refractivity contribution in [2.24, 2.45) is 0 Å². The van der Waals surface area contributed by atoms with Gasteiger partial charge in [-0.05, 0) is 22.6 Å². The Kier molecular flexibility index (Phi) is 2.37. The zero-order valence-electron chi connectivity index (χ0n) is 8.93. The molecule has 0 aliphatic heterocycles. The molecule has 0 spiro atoms. The van der Waals surface area contributed by atoms with Crippen LogP contribution < -0.4 is 5.32 Å². The number of aromatic nitrogens is 7. The highest BCUT2D eigenvalue weighted by molar-refractivity contribution is 5.41. The molecule has 3 heterocycles. The Morgan fingerprint density at radius 1 is 1.29 bits per heavy atom. The fourth-order valence-corrected chi connectivity index (χ4v) is 1.48. The van der Waals surface area contributed by atoms with Crippen molar-refractivity contribution in [3.8, 4) is 0 Å². The van der Waals surface area contributed by atoms with E-state index in [1.165, 1.54) is 4.63 Å². The van der Waals surface area contributed by atoms with Crippen molar-refractivity contribution >= 4 is 11.5 Å². The second kappa shape index (κ2) is 4.16. The third-order valence-corrected chi connectivity index (χ3v) is 2.30. The first kappa shape index (κ1) is 9.70. The lowest BCUT2D eigenvalue weighted by atomic mass is 10.5. The number of hydrogen-bond acceptors (Lipinski definition) is 6. The van der Waals surface area contributed by atoms with E-state index >= 15 is 0 Å². The number of rotatable bonds is 4. The first-order valence-electron chi connectivity index (χ1n) is 5.17. The van der Waals surface area contributed by atoms with Crippen molar-refractivity contribution in [1.29, 1.82) is 0 Å². The maximum Gasteiger partial charge on any atom is 0.200 e.